The molecule has 5 heteroatoms. The van der Waals surface area contributed by atoms with Crippen LogP contribution in [0.3, 0.4) is 0 Å². The number of hydrogen-bond donors (Lipinski definition) is 2. The molecule has 2 heterocycles. The van der Waals surface area contributed by atoms with E-state index in [9.17, 15) is 0 Å². The Morgan fingerprint density at radius 3 is 2.67 bits per heavy atom. The van der Waals surface area contributed by atoms with Crippen molar-refractivity contribution in [2.45, 2.75) is 52.5 Å². The number of rotatable bonds is 6. The smallest absolute Gasteiger partial charge is 0.135 e. The Morgan fingerprint density at radius 2 is 2.00 bits per heavy atom. The van der Waals surface area contributed by atoms with Crippen molar-refractivity contribution in [3.05, 3.63) is 11.4 Å². The predicted octanol–water partition coefficient (Wildman–Crippen LogP) is 2.68. The van der Waals surface area contributed by atoms with E-state index in [-0.39, 0.29) is 0 Å². The number of hydrogen-bond acceptors (Lipinski definition) is 5. The Kier molecular flexibility index (Phi) is 5.79. The highest BCUT2D eigenvalue weighted by atomic mass is 15.2. The fourth-order valence-corrected chi connectivity index (χ4v) is 2.75. The van der Waals surface area contributed by atoms with Crippen molar-refractivity contribution in [1.29, 1.82) is 0 Å². The van der Waals surface area contributed by atoms with E-state index < -0.39 is 0 Å². The van der Waals surface area contributed by atoms with Gasteiger partial charge in [0.2, 0.25) is 0 Å². The molecule has 0 radical (unpaired) electrons. The van der Waals surface area contributed by atoms with Crippen LogP contribution in [0.25, 0.3) is 0 Å². The van der Waals surface area contributed by atoms with Gasteiger partial charge in [-0.1, -0.05) is 13.8 Å². The van der Waals surface area contributed by atoms with Crippen LogP contribution in [-0.4, -0.2) is 47.6 Å². The van der Waals surface area contributed by atoms with E-state index in [1.807, 2.05) is 0 Å². The molecule has 21 heavy (non-hydrogen) atoms. The maximum atomic E-state index is 4.70. The summed E-state index contributed by atoms with van der Waals surface area (Å²) >= 11 is 0. The first-order valence-electron chi connectivity index (χ1n) is 8.20. The number of nitrogens with one attached hydrogen (secondary N) is 2. The molecule has 1 saturated heterocycles. The highest BCUT2D eigenvalue weighted by molar-refractivity contribution is 5.57. The molecule has 0 aromatic carbocycles. The zero-order valence-electron chi connectivity index (χ0n) is 13.9. The van der Waals surface area contributed by atoms with Gasteiger partial charge in [-0.2, -0.15) is 0 Å². The summed E-state index contributed by atoms with van der Waals surface area (Å²) in [4.78, 5) is 11.7. The van der Waals surface area contributed by atoms with Crippen LogP contribution in [0.4, 0.5) is 11.6 Å². The van der Waals surface area contributed by atoms with Crippen molar-refractivity contribution >= 4 is 11.6 Å². The van der Waals surface area contributed by atoms with E-state index in [4.69, 9.17) is 4.98 Å². The summed E-state index contributed by atoms with van der Waals surface area (Å²) in [7, 11) is 2.19. The Bertz CT molecular complexity index is 460. The van der Waals surface area contributed by atoms with Crippen LogP contribution in [0.2, 0.25) is 0 Å². The molecule has 2 N–H and O–H groups in total. The van der Waals surface area contributed by atoms with E-state index >= 15 is 0 Å². The number of piperidine rings is 1. The van der Waals surface area contributed by atoms with Gasteiger partial charge in [-0.15, -0.1) is 0 Å². The van der Waals surface area contributed by atoms with E-state index in [0.717, 1.165) is 49.0 Å². The van der Waals surface area contributed by atoms with Crippen LogP contribution in [0, 0.1) is 6.92 Å². The van der Waals surface area contributed by atoms with Crippen molar-refractivity contribution in [1.82, 2.24) is 14.9 Å². The summed E-state index contributed by atoms with van der Waals surface area (Å²) in [6, 6.07) is 0.487. The highest BCUT2D eigenvalue weighted by Gasteiger charge is 2.19. The monoisotopic (exact) mass is 291 g/mol. The molecule has 1 aromatic rings. The van der Waals surface area contributed by atoms with Crippen LogP contribution >= 0.6 is 0 Å². The summed E-state index contributed by atoms with van der Waals surface area (Å²) in [6.45, 7) is 9.61. The molecule has 1 unspecified atom stereocenters. The first kappa shape index (κ1) is 16.0. The standard InChI is InChI=1S/C16H29N5/c1-5-9-17-15-12(3)16(20-14(6-2)19-15)18-13-8-7-10-21(4)11-13/h13H,5-11H2,1-4H3,(H2,17,18,19,20). The number of anilines is 2. The van der Waals surface area contributed by atoms with E-state index in [2.05, 4.69) is 48.3 Å². The van der Waals surface area contributed by atoms with Crippen molar-refractivity contribution in [2.75, 3.05) is 37.3 Å². The third-order valence-corrected chi connectivity index (χ3v) is 4.02. The van der Waals surface area contributed by atoms with Crippen molar-refractivity contribution < 1.29 is 0 Å². The molecule has 1 fully saturated rings. The van der Waals surface area contributed by atoms with Gasteiger partial charge in [-0.25, -0.2) is 9.97 Å². The fourth-order valence-electron chi connectivity index (χ4n) is 2.75. The molecule has 0 aliphatic carbocycles. The van der Waals surface area contributed by atoms with Crippen LogP contribution in [0.5, 0.6) is 0 Å². The normalized spacial score (nSPS) is 19.5. The second-order valence-electron chi connectivity index (χ2n) is 5.99. The largest absolute Gasteiger partial charge is 0.370 e. The van der Waals surface area contributed by atoms with Gasteiger partial charge in [0.05, 0.1) is 0 Å². The molecule has 118 valence electrons. The Labute approximate surface area is 128 Å². The van der Waals surface area contributed by atoms with Crippen LogP contribution in [-0.2, 0) is 6.42 Å². The second-order valence-corrected chi connectivity index (χ2v) is 5.99. The number of aryl methyl sites for hydroxylation is 1. The lowest BCUT2D eigenvalue weighted by atomic mass is 10.1. The van der Waals surface area contributed by atoms with Gasteiger partial charge in [0.15, 0.2) is 0 Å². The average Bonchev–Trinajstić information content (AvgIpc) is 2.48. The van der Waals surface area contributed by atoms with E-state index in [1.54, 1.807) is 0 Å². The van der Waals surface area contributed by atoms with Crippen LogP contribution in [0.1, 0.15) is 44.5 Å². The summed E-state index contributed by atoms with van der Waals surface area (Å²) in [5.41, 5.74) is 1.13. The van der Waals surface area contributed by atoms with Gasteiger partial charge < -0.3 is 15.5 Å². The molecule has 1 aromatic heterocycles. The minimum Gasteiger partial charge on any atom is -0.370 e. The summed E-state index contributed by atoms with van der Waals surface area (Å²) in [6.07, 6.45) is 4.42. The van der Waals surface area contributed by atoms with Gasteiger partial charge in [0, 0.05) is 31.1 Å². The molecule has 0 spiro atoms. The zero-order valence-corrected chi connectivity index (χ0v) is 13.9. The Balaban J connectivity index is 2.16. The molecule has 0 bridgehead atoms. The van der Waals surface area contributed by atoms with Gasteiger partial charge in [-0.3, -0.25) is 0 Å². The third-order valence-electron chi connectivity index (χ3n) is 4.02. The Hall–Kier alpha value is -1.36. The number of likely N-dealkylation sites (N-methyl/N-ethyl adjacent to an activating group) is 1. The topological polar surface area (TPSA) is 53.1 Å². The maximum Gasteiger partial charge on any atom is 0.135 e. The minimum atomic E-state index is 0.487. The maximum absolute atomic E-state index is 4.70. The molecule has 1 atom stereocenters. The first-order valence-corrected chi connectivity index (χ1v) is 8.20. The Morgan fingerprint density at radius 1 is 1.24 bits per heavy atom. The van der Waals surface area contributed by atoms with E-state index in [1.165, 1.54) is 19.4 Å². The quantitative estimate of drug-likeness (QED) is 0.844. The van der Waals surface area contributed by atoms with Gasteiger partial charge in [-0.05, 0) is 39.8 Å². The number of aromatic nitrogens is 2. The first-order chi connectivity index (χ1) is 10.1. The molecule has 1 aliphatic rings. The third kappa shape index (κ3) is 4.30. The average molecular weight is 291 g/mol. The molecule has 0 saturated carbocycles. The summed E-state index contributed by atoms with van der Waals surface area (Å²) < 4.78 is 0. The van der Waals surface area contributed by atoms with E-state index in [0.29, 0.717) is 6.04 Å². The molecule has 2 rings (SSSR count). The van der Waals surface area contributed by atoms with Gasteiger partial charge >= 0.3 is 0 Å². The van der Waals surface area contributed by atoms with Crippen molar-refractivity contribution in [3.8, 4) is 0 Å². The second kappa shape index (κ2) is 7.59. The van der Waals surface area contributed by atoms with Gasteiger partial charge in [0.25, 0.3) is 0 Å². The van der Waals surface area contributed by atoms with Crippen LogP contribution < -0.4 is 10.6 Å². The molecular weight excluding hydrogens is 262 g/mol. The lowest BCUT2D eigenvalue weighted by Gasteiger charge is -2.31. The molecule has 1 aliphatic heterocycles. The lowest BCUT2D eigenvalue weighted by Crippen LogP contribution is -2.40. The zero-order chi connectivity index (χ0) is 15.2. The van der Waals surface area contributed by atoms with Crippen molar-refractivity contribution in [2.24, 2.45) is 0 Å². The number of nitrogens with zero attached hydrogens (tertiary/aromatic N) is 3. The van der Waals surface area contributed by atoms with Crippen molar-refractivity contribution in [3.63, 3.8) is 0 Å². The summed E-state index contributed by atoms with van der Waals surface area (Å²) in [5.74, 6) is 2.89. The fraction of sp³-hybridized carbons (Fsp3) is 0.750. The highest BCUT2D eigenvalue weighted by Crippen LogP contribution is 2.22. The number of likely N-dealkylation sites (tertiary alicyclic amines) is 1. The molecular formula is C16H29N5. The SMILES string of the molecule is CCCNc1nc(CC)nc(NC2CCCN(C)C2)c1C. The lowest BCUT2D eigenvalue weighted by molar-refractivity contribution is 0.260. The molecule has 5 nitrogen and oxygen atoms in total. The minimum absolute atomic E-state index is 0.487. The summed E-state index contributed by atoms with van der Waals surface area (Å²) in [5, 5.41) is 7.06. The van der Waals surface area contributed by atoms with Crippen LogP contribution in [0.15, 0.2) is 0 Å². The molecule has 0 amide bonds. The van der Waals surface area contributed by atoms with Gasteiger partial charge in [0.1, 0.15) is 17.5 Å². The predicted molar refractivity (Wildman–Crippen MR) is 89.1 cm³/mol.